The normalized spacial score (nSPS) is 15.6. The van der Waals surface area contributed by atoms with Crippen molar-refractivity contribution in [1.29, 1.82) is 0 Å². The maximum atomic E-state index is 12.4. The van der Waals surface area contributed by atoms with Gasteiger partial charge in [0.25, 0.3) is 0 Å². The lowest BCUT2D eigenvalue weighted by molar-refractivity contribution is -0.0315. The van der Waals surface area contributed by atoms with Gasteiger partial charge in [0.1, 0.15) is 0 Å². The quantitative estimate of drug-likeness (QED) is 0.565. The summed E-state index contributed by atoms with van der Waals surface area (Å²) in [4.78, 5) is 47.5. The molecule has 120 valence electrons. The third-order valence-corrected chi connectivity index (χ3v) is 3.55. The van der Waals surface area contributed by atoms with Crippen LogP contribution in [0.25, 0.3) is 0 Å². The molecule has 0 bridgehead atoms. The van der Waals surface area contributed by atoms with E-state index in [1.165, 1.54) is 48.5 Å². The Labute approximate surface area is 137 Å². The van der Waals surface area contributed by atoms with Crippen molar-refractivity contribution in [2.24, 2.45) is 0 Å². The second kappa shape index (κ2) is 6.66. The predicted octanol–water partition coefficient (Wildman–Crippen LogP) is 0.434. The lowest BCUT2D eigenvalue weighted by atomic mass is 9.75. The van der Waals surface area contributed by atoms with Crippen molar-refractivity contribution in [3.05, 3.63) is 71.8 Å². The molecule has 0 aliphatic carbocycles. The fraction of sp³-hybridized carbons (Fsp3) is 0.111. The van der Waals surface area contributed by atoms with Gasteiger partial charge < -0.3 is 10.2 Å². The average Bonchev–Trinajstić information content (AvgIpc) is 2.66. The van der Waals surface area contributed by atoms with Crippen molar-refractivity contribution in [2.45, 2.75) is 11.2 Å². The summed E-state index contributed by atoms with van der Waals surface area (Å²) in [5.41, 5.74) is -7.22. The summed E-state index contributed by atoms with van der Waals surface area (Å²) in [6.45, 7) is 0. The Balaban J connectivity index is 2.56. The third kappa shape index (κ3) is 2.68. The Morgan fingerprint density at radius 1 is 0.667 bits per heavy atom. The minimum absolute atomic E-state index is 0.183. The van der Waals surface area contributed by atoms with E-state index in [1.807, 2.05) is 0 Å². The van der Waals surface area contributed by atoms with Crippen LogP contribution in [0.5, 0.6) is 0 Å². The summed E-state index contributed by atoms with van der Waals surface area (Å²) in [5, 5.41) is 20.8. The van der Waals surface area contributed by atoms with Gasteiger partial charge in [0.15, 0.2) is 0 Å². The molecule has 2 radical (unpaired) electrons. The number of hydrogen-bond acceptors (Lipinski definition) is 6. The molecule has 2 aromatic rings. The number of benzene rings is 2. The van der Waals surface area contributed by atoms with Crippen molar-refractivity contribution in [3.63, 3.8) is 0 Å². The lowest BCUT2D eigenvalue weighted by Gasteiger charge is -2.31. The molecule has 2 aromatic carbocycles. The van der Waals surface area contributed by atoms with E-state index in [0.717, 1.165) is 12.6 Å². The number of rotatable bonds is 7. The first-order valence-electron chi connectivity index (χ1n) is 6.84. The van der Waals surface area contributed by atoms with Crippen molar-refractivity contribution in [3.8, 4) is 0 Å². The molecule has 0 fully saturated rings. The van der Waals surface area contributed by atoms with Crippen LogP contribution in [0.15, 0.2) is 60.7 Å². The smallest absolute Gasteiger partial charge is 0.245 e. The molecule has 2 rings (SSSR count). The van der Waals surface area contributed by atoms with E-state index >= 15 is 0 Å². The molecule has 2 N–H and O–H groups in total. The number of Topliss-reactive ketones (excluding diaryl/α,β-unsaturated/α-hetero) is 2. The number of ketones is 2. The van der Waals surface area contributed by atoms with Gasteiger partial charge in [-0.1, -0.05) is 60.7 Å². The van der Waals surface area contributed by atoms with Crippen LogP contribution in [0.1, 0.15) is 20.7 Å². The van der Waals surface area contributed by atoms with Gasteiger partial charge in [0.2, 0.25) is 35.3 Å². The van der Waals surface area contributed by atoms with Gasteiger partial charge in [-0.25, -0.2) is 0 Å². The first-order valence-corrected chi connectivity index (χ1v) is 6.84. The third-order valence-electron chi connectivity index (χ3n) is 3.55. The van der Waals surface area contributed by atoms with E-state index in [1.54, 1.807) is 12.1 Å². The van der Waals surface area contributed by atoms with Crippen LogP contribution >= 0.6 is 0 Å². The molecule has 0 aliphatic heterocycles. The zero-order valence-electron chi connectivity index (χ0n) is 12.3. The van der Waals surface area contributed by atoms with Crippen LogP contribution in [0.4, 0.5) is 0 Å². The summed E-state index contributed by atoms with van der Waals surface area (Å²) in [6, 6.07) is 13.9. The molecule has 0 heterocycles. The van der Waals surface area contributed by atoms with Gasteiger partial charge in [0, 0.05) is 11.1 Å². The topological polar surface area (TPSA) is 109 Å². The number of hydrogen-bond donors (Lipinski definition) is 2. The van der Waals surface area contributed by atoms with Crippen molar-refractivity contribution >= 4 is 24.1 Å². The zero-order valence-corrected chi connectivity index (χ0v) is 12.3. The van der Waals surface area contributed by atoms with Crippen LogP contribution in [0.2, 0.25) is 0 Å². The van der Waals surface area contributed by atoms with E-state index in [4.69, 9.17) is 0 Å². The summed E-state index contributed by atoms with van der Waals surface area (Å²) in [6.07, 6.45) is 1.88. The van der Waals surface area contributed by atoms with Crippen LogP contribution in [-0.2, 0) is 9.59 Å². The summed E-state index contributed by atoms with van der Waals surface area (Å²) >= 11 is 0. The highest BCUT2D eigenvalue weighted by Crippen LogP contribution is 2.27. The van der Waals surface area contributed by atoms with E-state index < -0.39 is 22.8 Å². The molecule has 0 saturated carbocycles. The Bertz CT molecular complexity index is 703. The van der Waals surface area contributed by atoms with Gasteiger partial charge in [0.05, 0.1) is 0 Å². The summed E-state index contributed by atoms with van der Waals surface area (Å²) in [5.74, 6) is -2.68. The van der Waals surface area contributed by atoms with E-state index in [9.17, 15) is 29.4 Å². The Hall–Kier alpha value is -2.96. The molecule has 2 atom stereocenters. The predicted molar refractivity (Wildman–Crippen MR) is 82.8 cm³/mol. The summed E-state index contributed by atoms with van der Waals surface area (Å²) < 4.78 is 0. The Morgan fingerprint density at radius 3 is 1.21 bits per heavy atom. The van der Waals surface area contributed by atoms with Gasteiger partial charge in [-0.2, -0.15) is 0 Å². The van der Waals surface area contributed by atoms with Crippen molar-refractivity contribution < 1.29 is 29.4 Å². The molecule has 0 spiro atoms. The molecule has 6 nitrogen and oxygen atoms in total. The average molecular weight is 324 g/mol. The number of carbonyl (C=O) groups excluding carboxylic acids is 4. The SMILES string of the molecule is O=[C]C(O)(C(=O)c1ccccc1)C(O)([C]=O)C(=O)c1ccccc1. The highest BCUT2D eigenvalue weighted by molar-refractivity contribution is 6.24. The maximum Gasteiger partial charge on any atom is 0.245 e. The molecule has 0 saturated heterocycles. The largest absolute Gasteiger partial charge is 0.371 e. The summed E-state index contributed by atoms with van der Waals surface area (Å²) in [7, 11) is 0. The van der Waals surface area contributed by atoms with Gasteiger partial charge in [-0.15, -0.1) is 0 Å². The highest BCUT2D eigenvalue weighted by Gasteiger charge is 2.62. The van der Waals surface area contributed by atoms with Gasteiger partial charge in [-0.3, -0.25) is 19.2 Å². The molecule has 2 unspecified atom stereocenters. The minimum Gasteiger partial charge on any atom is -0.371 e. The molecule has 0 amide bonds. The van der Waals surface area contributed by atoms with Crippen LogP contribution in [0.3, 0.4) is 0 Å². The lowest BCUT2D eigenvalue weighted by Crippen LogP contribution is -2.65. The minimum atomic E-state index is -3.43. The van der Waals surface area contributed by atoms with Crippen LogP contribution < -0.4 is 0 Å². The van der Waals surface area contributed by atoms with Crippen LogP contribution in [-0.4, -0.2) is 45.6 Å². The van der Waals surface area contributed by atoms with E-state index in [0.29, 0.717) is 0 Å². The zero-order chi connectivity index (χ0) is 17.8. The molecular weight excluding hydrogens is 312 g/mol. The van der Waals surface area contributed by atoms with E-state index in [-0.39, 0.29) is 11.1 Å². The van der Waals surface area contributed by atoms with Gasteiger partial charge in [-0.05, 0) is 0 Å². The second-order valence-corrected chi connectivity index (χ2v) is 5.02. The molecule has 0 aliphatic rings. The maximum absolute atomic E-state index is 12.4. The van der Waals surface area contributed by atoms with Crippen molar-refractivity contribution in [1.82, 2.24) is 0 Å². The Kier molecular flexibility index (Phi) is 4.82. The van der Waals surface area contributed by atoms with E-state index in [2.05, 4.69) is 0 Å². The Morgan fingerprint density at radius 2 is 0.958 bits per heavy atom. The molecule has 0 aromatic heterocycles. The van der Waals surface area contributed by atoms with Gasteiger partial charge >= 0.3 is 0 Å². The van der Waals surface area contributed by atoms with Crippen molar-refractivity contribution in [2.75, 3.05) is 0 Å². The molecular formula is C18H12O6. The monoisotopic (exact) mass is 324 g/mol. The number of aliphatic hydroxyl groups is 2. The first-order chi connectivity index (χ1) is 11.4. The van der Waals surface area contributed by atoms with Crippen LogP contribution in [0, 0.1) is 0 Å². The fourth-order valence-electron chi connectivity index (χ4n) is 2.17. The highest BCUT2D eigenvalue weighted by atomic mass is 16.4. The fourth-order valence-corrected chi connectivity index (χ4v) is 2.17. The molecule has 6 heteroatoms. The second-order valence-electron chi connectivity index (χ2n) is 5.02. The number of carbonyl (C=O) groups is 2. The first kappa shape index (κ1) is 17.4. The molecule has 24 heavy (non-hydrogen) atoms. The standard InChI is InChI=1S/C18H12O6/c19-11-17(23,15(21)13-7-3-1-4-8-13)18(24,12-20)16(22)14-9-5-2-6-10-14/h1-10,23-24H.